The number of benzene rings is 1. The van der Waals surface area contributed by atoms with E-state index >= 15 is 0 Å². The van der Waals surface area contributed by atoms with Gasteiger partial charge in [-0.25, -0.2) is 0 Å². The lowest BCUT2D eigenvalue weighted by Gasteiger charge is -1.98. The van der Waals surface area contributed by atoms with Crippen LogP contribution in [0.5, 0.6) is 0 Å². The van der Waals surface area contributed by atoms with Gasteiger partial charge in [-0.3, -0.25) is 9.59 Å². The molecule has 0 aliphatic carbocycles. The molecule has 0 saturated carbocycles. The molecule has 0 N–H and O–H groups in total. The van der Waals surface area contributed by atoms with Gasteiger partial charge in [-0.05, 0) is 31.5 Å². The number of fused-ring (bicyclic) bond motifs is 1. The second kappa shape index (κ2) is 5.69. The molecule has 0 radical (unpaired) electrons. The summed E-state index contributed by atoms with van der Waals surface area (Å²) in [7, 11) is 0. The lowest BCUT2D eigenvalue weighted by molar-refractivity contribution is -0.119. The molecule has 0 unspecified atom stereocenters. The first-order valence-corrected chi connectivity index (χ1v) is 6.66. The molecule has 0 aliphatic heterocycles. The fraction of sp³-hybridized carbons (Fsp3) is 0.143. The van der Waals surface area contributed by atoms with Crippen molar-refractivity contribution in [2.24, 2.45) is 5.11 Å². The van der Waals surface area contributed by atoms with E-state index in [4.69, 9.17) is 5.53 Å². The Morgan fingerprint density at radius 3 is 2.50 bits per heavy atom. The van der Waals surface area contributed by atoms with Crippen LogP contribution in [-0.4, -0.2) is 11.6 Å². The number of thiophene rings is 1. The summed E-state index contributed by atoms with van der Waals surface area (Å²) in [4.78, 5) is 26.4. The maximum Gasteiger partial charge on any atom is 0.163 e. The van der Waals surface area contributed by atoms with Crippen LogP contribution in [0.2, 0.25) is 0 Å². The zero-order valence-electron chi connectivity index (χ0n) is 11.0. The number of ketones is 2. The third kappa shape index (κ3) is 2.61. The van der Waals surface area contributed by atoms with Crippen molar-refractivity contribution in [3.8, 4) is 0 Å². The molecule has 6 heteroatoms. The molecule has 1 aromatic carbocycles. The Morgan fingerprint density at radius 1 is 1.25 bits per heavy atom. The van der Waals surface area contributed by atoms with Gasteiger partial charge in [0.1, 0.15) is 0 Å². The zero-order valence-corrected chi connectivity index (χ0v) is 11.8. The number of hydrogen-bond acceptors (Lipinski definition) is 4. The van der Waals surface area contributed by atoms with Gasteiger partial charge >= 0.3 is 0 Å². The number of carbonyl (C=O) groups excluding carboxylic acids is 2. The number of rotatable bonds is 4. The van der Waals surface area contributed by atoms with Gasteiger partial charge in [0, 0.05) is 19.9 Å². The van der Waals surface area contributed by atoms with E-state index in [9.17, 15) is 9.59 Å². The summed E-state index contributed by atoms with van der Waals surface area (Å²) < 4.78 is 0.938. The molecule has 0 aliphatic rings. The Balaban J connectivity index is 2.73. The Kier molecular flexibility index (Phi) is 3.98. The van der Waals surface area contributed by atoms with Crippen LogP contribution in [0.4, 0.5) is 5.69 Å². The summed E-state index contributed by atoms with van der Waals surface area (Å²) in [6.45, 7) is 2.68. The molecule has 0 saturated heterocycles. The zero-order chi connectivity index (χ0) is 14.7. The van der Waals surface area contributed by atoms with Crippen molar-refractivity contribution in [1.82, 2.24) is 0 Å². The van der Waals surface area contributed by atoms with E-state index in [2.05, 4.69) is 10.0 Å². The first-order valence-electron chi connectivity index (χ1n) is 5.84. The number of carbonyl (C=O) groups is 2. The van der Waals surface area contributed by atoms with Crippen LogP contribution in [0.15, 0.2) is 35.0 Å². The minimum absolute atomic E-state index is 0.103. The highest BCUT2D eigenvalue weighted by atomic mass is 32.1. The first-order chi connectivity index (χ1) is 9.54. The summed E-state index contributed by atoms with van der Waals surface area (Å²) in [6, 6.07) is 7.46. The summed E-state index contributed by atoms with van der Waals surface area (Å²) in [5.41, 5.74) is 9.24. The minimum Gasteiger partial charge on any atom is -0.294 e. The normalized spacial score (nSPS) is 9.90. The van der Waals surface area contributed by atoms with E-state index in [0.29, 0.717) is 10.6 Å². The number of allylic oxidation sites excluding steroid dienone is 1. The molecule has 0 amide bonds. The van der Waals surface area contributed by atoms with E-state index in [0.717, 1.165) is 10.1 Å². The molecular weight excluding hydrogens is 274 g/mol. The Hall–Kier alpha value is -2.43. The Labute approximate surface area is 119 Å². The molecular formula is C14H11N3O2S. The SMILES string of the molecule is CC(=O)C(=Cc1sc2ccccc2c1N=[N+]=[N-])C(C)=O. The lowest BCUT2D eigenvalue weighted by atomic mass is 10.1. The average molecular weight is 285 g/mol. The third-order valence-corrected chi connectivity index (χ3v) is 3.88. The second-order valence-electron chi connectivity index (χ2n) is 4.17. The molecule has 20 heavy (non-hydrogen) atoms. The van der Waals surface area contributed by atoms with Crippen LogP contribution < -0.4 is 0 Å². The van der Waals surface area contributed by atoms with Crippen LogP contribution in [0.3, 0.4) is 0 Å². The molecule has 2 rings (SSSR count). The average Bonchev–Trinajstić information content (AvgIpc) is 2.74. The summed E-state index contributed by atoms with van der Waals surface area (Å²) in [5, 5.41) is 4.50. The highest BCUT2D eigenvalue weighted by molar-refractivity contribution is 7.20. The van der Waals surface area contributed by atoms with Crippen LogP contribution in [0.1, 0.15) is 18.7 Å². The molecule has 0 fully saturated rings. The van der Waals surface area contributed by atoms with Gasteiger partial charge in [0.25, 0.3) is 0 Å². The predicted octanol–water partition coefficient (Wildman–Crippen LogP) is 4.40. The molecule has 5 nitrogen and oxygen atoms in total. The summed E-state index contributed by atoms with van der Waals surface area (Å²) >= 11 is 1.38. The van der Waals surface area contributed by atoms with Gasteiger partial charge in [-0.2, -0.15) is 0 Å². The lowest BCUT2D eigenvalue weighted by Crippen LogP contribution is -2.05. The van der Waals surface area contributed by atoms with Crippen molar-refractivity contribution in [2.75, 3.05) is 0 Å². The largest absolute Gasteiger partial charge is 0.294 e. The Bertz CT molecular complexity index is 767. The van der Waals surface area contributed by atoms with Gasteiger partial charge in [0.2, 0.25) is 0 Å². The van der Waals surface area contributed by atoms with E-state index in [1.807, 2.05) is 24.3 Å². The van der Waals surface area contributed by atoms with Crippen LogP contribution in [0.25, 0.3) is 26.6 Å². The first kappa shape index (κ1) is 14.0. The van der Waals surface area contributed by atoms with Crippen molar-refractivity contribution in [3.05, 3.63) is 45.2 Å². The fourth-order valence-electron chi connectivity index (χ4n) is 1.88. The van der Waals surface area contributed by atoms with Crippen molar-refractivity contribution < 1.29 is 9.59 Å². The third-order valence-electron chi connectivity index (χ3n) is 2.77. The summed E-state index contributed by atoms with van der Waals surface area (Å²) in [5.74, 6) is -0.608. The topological polar surface area (TPSA) is 82.9 Å². The molecule has 0 bridgehead atoms. The molecule has 1 heterocycles. The number of azide groups is 1. The van der Waals surface area contributed by atoms with Crippen molar-refractivity contribution in [3.63, 3.8) is 0 Å². The molecule has 2 aromatic rings. The smallest absolute Gasteiger partial charge is 0.163 e. The van der Waals surface area contributed by atoms with Crippen LogP contribution >= 0.6 is 11.3 Å². The monoisotopic (exact) mass is 285 g/mol. The predicted molar refractivity (Wildman–Crippen MR) is 80.0 cm³/mol. The van der Waals surface area contributed by atoms with Gasteiger partial charge in [0.15, 0.2) is 11.6 Å². The van der Waals surface area contributed by atoms with E-state index in [-0.39, 0.29) is 17.1 Å². The van der Waals surface area contributed by atoms with Crippen molar-refractivity contribution in [2.45, 2.75) is 13.8 Å². The highest BCUT2D eigenvalue weighted by Gasteiger charge is 2.14. The fourth-order valence-corrected chi connectivity index (χ4v) is 2.96. The van der Waals surface area contributed by atoms with E-state index in [1.165, 1.54) is 31.3 Å². The van der Waals surface area contributed by atoms with Crippen molar-refractivity contribution >= 4 is 44.8 Å². The molecule has 0 spiro atoms. The maximum absolute atomic E-state index is 11.5. The molecule has 100 valence electrons. The molecule has 1 aromatic heterocycles. The van der Waals surface area contributed by atoms with Gasteiger partial charge < -0.3 is 0 Å². The van der Waals surface area contributed by atoms with Gasteiger partial charge in [-0.15, -0.1) is 11.3 Å². The van der Waals surface area contributed by atoms with Gasteiger partial charge in [-0.1, -0.05) is 23.3 Å². The van der Waals surface area contributed by atoms with E-state index in [1.54, 1.807) is 0 Å². The number of nitrogens with zero attached hydrogens (tertiary/aromatic N) is 3. The number of hydrogen-bond donors (Lipinski definition) is 0. The van der Waals surface area contributed by atoms with Crippen LogP contribution in [0, 0.1) is 0 Å². The highest BCUT2D eigenvalue weighted by Crippen LogP contribution is 2.39. The standard InChI is InChI=1S/C14H11N3O2S/c1-8(18)11(9(2)19)7-13-14(16-17-15)10-5-3-4-6-12(10)20-13/h3-7H,1-2H3. The second-order valence-corrected chi connectivity index (χ2v) is 5.25. The Morgan fingerprint density at radius 2 is 1.90 bits per heavy atom. The minimum atomic E-state index is -0.304. The summed E-state index contributed by atoms with van der Waals surface area (Å²) in [6.07, 6.45) is 1.50. The van der Waals surface area contributed by atoms with Crippen molar-refractivity contribution in [1.29, 1.82) is 0 Å². The quantitative estimate of drug-likeness (QED) is 0.208. The molecule has 0 atom stereocenters. The van der Waals surface area contributed by atoms with Crippen LogP contribution in [-0.2, 0) is 9.59 Å². The maximum atomic E-state index is 11.5. The van der Waals surface area contributed by atoms with Gasteiger partial charge in [0.05, 0.1) is 11.3 Å². The number of Topliss-reactive ketones (excluding diaryl/α,β-unsaturated/α-hetero) is 2. The van der Waals surface area contributed by atoms with E-state index < -0.39 is 0 Å².